The number of H-pyrrole nitrogens is 1. The normalized spacial score (nSPS) is 13.1. The molecular formula is C10H10F3N3O2S. The van der Waals surface area contributed by atoms with Crippen LogP contribution in [0.25, 0.3) is 11.0 Å². The average molecular weight is 293 g/mol. The largest absolute Gasteiger partial charge is 0.416 e. The van der Waals surface area contributed by atoms with Gasteiger partial charge in [-0.1, -0.05) is 6.92 Å². The van der Waals surface area contributed by atoms with Gasteiger partial charge in [-0.2, -0.15) is 13.2 Å². The Morgan fingerprint density at radius 2 is 2.05 bits per heavy atom. The fourth-order valence-corrected chi connectivity index (χ4v) is 2.52. The summed E-state index contributed by atoms with van der Waals surface area (Å²) in [4.78, 5) is 6.14. The van der Waals surface area contributed by atoms with Gasteiger partial charge in [-0.15, -0.1) is 0 Å². The summed E-state index contributed by atoms with van der Waals surface area (Å²) < 4.78 is 63.0. The van der Waals surface area contributed by atoms with Gasteiger partial charge in [0.25, 0.3) is 10.0 Å². The minimum atomic E-state index is -4.49. The lowest BCUT2D eigenvalue weighted by Gasteiger charge is -2.04. The van der Waals surface area contributed by atoms with E-state index in [9.17, 15) is 21.6 Å². The molecule has 0 spiro atoms. The first-order valence-electron chi connectivity index (χ1n) is 5.30. The molecule has 104 valence electrons. The molecule has 5 nitrogen and oxygen atoms in total. The summed E-state index contributed by atoms with van der Waals surface area (Å²) in [7, 11) is -3.82. The average Bonchev–Trinajstić information content (AvgIpc) is 2.70. The predicted octanol–water partition coefficient (Wildman–Crippen LogP) is 1.88. The van der Waals surface area contributed by atoms with Crippen molar-refractivity contribution in [3.63, 3.8) is 0 Å². The van der Waals surface area contributed by atoms with Crippen molar-refractivity contribution in [2.45, 2.75) is 18.3 Å². The van der Waals surface area contributed by atoms with Crippen molar-refractivity contribution in [1.29, 1.82) is 0 Å². The number of nitrogens with one attached hydrogen (secondary N) is 2. The lowest BCUT2D eigenvalue weighted by atomic mass is 10.2. The number of sulfonamides is 1. The van der Waals surface area contributed by atoms with Crippen LogP contribution in [0.4, 0.5) is 13.2 Å². The van der Waals surface area contributed by atoms with Crippen LogP contribution in [-0.2, 0) is 16.2 Å². The van der Waals surface area contributed by atoms with Gasteiger partial charge in [-0.3, -0.25) is 0 Å². The Kier molecular flexibility index (Phi) is 3.27. The highest BCUT2D eigenvalue weighted by Crippen LogP contribution is 2.31. The number of benzene rings is 1. The second kappa shape index (κ2) is 4.49. The van der Waals surface area contributed by atoms with Crippen LogP contribution in [0.5, 0.6) is 0 Å². The molecule has 9 heteroatoms. The summed E-state index contributed by atoms with van der Waals surface area (Å²) >= 11 is 0. The molecule has 19 heavy (non-hydrogen) atoms. The molecule has 0 radical (unpaired) electrons. The Hall–Kier alpha value is -1.61. The van der Waals surface area contributed by atoms with Gasteiger partial charge >= 0.3 is 6.18 Å². The van der Waals surface area contributed by atoms with E-state index in [1.165, 1.54) is 0 Å². The molecule has 1 aromatic heterocycles. The molecule has 0 fully saturated rings. The lowest BCUT2D eigenvalue weighted by Crippen LogP contribution is -2.24. The van der Waals surface area contributed by atoms with Gasteiger partial charge in [0.15, 0.2) is 0 Å². The summed E-state index contributed by atoms with van der Waals surface area (Å²) in [6, 6.07) is 2.82. The molecule has 0 aliphatic heterocycles. The smallest absolute Gasteiger partial charge is 0.328 e. The zero-order valence-corrected chi connectivity index (χ0v) is 10.6. The quantitative estimate of drug-likeness (QED) is 0.907. The highest BCUT2D eigenvalue weighted by molar-refractivity contribution is 7.89. The van der Waals surface area contributed by atoms with Crippen molar-refractivity contribution in [3.8, 4) is 0 Å². The second-order valence-corrected chi connectivity index (χ2v) is 5.46. The number of fused-ring (bicyclic) bond motifs is 1. The molecule has 0 bridgehead atoms. The highest BCUT2D eigenvalue weighted by Gasteiger charge is 2.31. The van der Waals surface area contributed by atoms with E-state index in [0.717, 1.165) is 18.2 Å². The summed E-state index contributed by atoms with van der Waals surface area (Å²) in [6.07, 6.45) is -4.49. The Morgan fingerprint density at radius 3 is 2.63 bits per heavy atom. The number of hydrogen-bond donors (Lipinski definition) is 2. The van der Waals surface area contributed by atoms with Crippen molar-refractivity contribution < 1.29 is 21.6 Å². The third-order valence-corrected chi connectivity index (χ3v) is 3.75. The van der Waals surface area contributed by atoms with Crippen LogP contribution in [-0.4, -0.2) is 24.9 Å². The van der Waals surface area contributed by atoms with Crippen LogP contribution in [0.15, 0.2) is 23.4 Å². The molecule has 1 aromatic carbocycles. The van der Waals surface area contributed by atoms with E-state index in [0.29, 0.717) is 0 Å². The monoisotopic (exact) mass is 293 g/mol. The highest BCUT2D eigenvalue weighted by atomic mass is 32.2. The molecule has 0 aliphatic carbocycles. The molecule has 0 unspecified atom stereocenters. The first kappa shape index (κ1) is 13.8. The maximum absolute atomic E-state index is 12.5. The first-order valence-corrected chi connectivity index (χ1v) is 6.79. The maximum Gasteiger partial charge on any atom is 0.416 e. The van der Waals surface area contributed by atoms with Gasteiger partial charge in [0, 0.05) is 6.54 Å². The molecule has 0 saturated heterocycles. The SMILES string of the molecule is CCNS(=O)(=O)c1nc2cc(C(F)(F)F)ccc2[nH]1. The van der Waals surface area contributed by atoms with Crippen LogP contribution in [0, 0.1) is 0 Å². The van der Waals surface area contributed by atoms with E-state index in [1.54, 1.807) is 6.92 Å². The Labute approximate surface area is 106 Å². The fourth-order valence-electron chi connectivity index (χ4n) is 1.54. The molecule has 0 atom stereocenters. The van der Waals surface area contributed by atoms with Crippen LogP contribution < -0.4 is 4.72 Å². The molecular weight excluding hydrogens is 283 g/mol. The van der Waals surface area contributed by atoms with E-state index in [-0.39, 0.29) is 17.6 Å². The molecule has 1 heterocycles. The number of aromatic amines is 1. The van der Waals surface area contributed by atoms with Crippen molar-refractivity contribution >= 4 is 21.1 Å². The maximum atomic E-state index is 12.5. The predicted molar refractivity (Wildman–Crippen MR) is 62.0 cm³/mol. The third kappa shape index (κ3) is 2.71. The zero-order valence-electron chi connectivity index (χ0n) is 9.75. The first-order chi connectivity index (χ1) is 8.74. The molecule has 0 aliphatic rings. The van der Waals surface area contributed by atoms with Gasteiger partial charge in [-0.05, 0) is 18.2 Å². The molecule has 0 amide bonds. The minimum absolute atomic E-state index is 0.0497. The fraction of sp³-hybridized carbons (Fsp3) is 0.300. The lowest BCUT2D eigenvalue weighted by molar-refractivity contribution is -0.137. The van der Waals surface area contributed by atoms with Gasteiger partial charge in [0.1, 0.15) is 0 Å². The van der Waals surface area contributed by atoms with Crippen LogP contribution >= 0.6 is 0 Å². The topological polar surface area (TPSA) is 74.8 Å². The number of halogens is 3. The van der Waals surface area contributed by atoms with Crippen molar-refractivity contribution in [3.05, 3.63) is 23.8 Å². The molecule has 2 N–H and O–H groups in total. The molecule has 2 aromatic rings. The van der Waals surface area contributed by atoms with Crippen molar-refractivity contribution in [2.75, 3.05) is 6.54 Å². The van der Waals surface area contributed by atoms with E-state index in [4.69, 9.17) is 0 Å². The van der Waals surface area contributed by atoms with Crippen molar-refractivity contribution in [2.24, 2.45) is 0 Å². The van der Waals surface area contributed by atoms with E-state index in [2.05, 4.69) is 14.7 Å². The number of rotatable bonds is 3. The molecule has 0 saturated carbocycles. The second-order valence-electron chi connectivity index (χ2n) is 3.77. The van der Waals surface area contributed by atoms with E-state index >= 15 is 0 Å². The Balaban J connectivity index is 2.53. The van der Waals surface area contributed by atoms with Crippen LogP contribution in [0.2, 0.25) is 0 Å². The summed E-state index contributed by atoms with van der Waals surface area (Å²) in [5, 5.41) is -0.399. The van der Waals surface area contributed by atoms with Gasteiger partial charge in [-0.25, -0.2) is 18.1 Å². The summed E-state index contributed by atoms with van der Waals surface area (Å²) in [5.74, 6) is 0. The van der Waals surface area contributed by atoms with E-state index in [1.807, 2.05) is 0 Å². The Bertz CT molecular complexity index is 706. The summed E-state index contributed by atoms with van der Waals surface area (Å²) in [5.41, 5.74) is -0.699. The zero-order chi connectivity index (χ0) is 14.3. The Morgan fingerprint density at radius 1 is 1.37 bits per heavy atom. The number of aromatic nitrogens is 2. The number of alkyl halides is 3. The van der Waals surface area contributed by atoms with E-state index < -0.39 is 26.9 Å². The summed E-state index contributed by atoms with van der Waals surface area (Å²) in [6.45, 7) is 1.75. The van der Waals surface area contributed by atoms with Crippen LogP contribution in [0.3, 0.4) is 0 Å². The number of nitrogens with zero attached hydrogens (tertiary/aromatic N) is 1. The van der Waals surface area contributed by atoms with Gasteiger partial charge in [0.2, 0.25) is 5.16 Å². The van der Waals surface area contributed by atoms with Crippen LogP contribution in [0.1, 0.15) is 12.5 Å². The van der Waals surface area contributed by atoms with Gasteiger partial charge in [0.05, 0.1) is 16.6 Å². The molecule has 2 rings (SSSR count). The minimum Gasteiger partial charge on any atom is -0.328 e. The number of imidazole rings is 1. The third-order valence-electron chi connectivity index (χ3n) is 2.38. The standard InChI is InChI=1S/C10H10F3N3O2S/c1-2-14-19(17,18)9-15-7-4-3-6(10(11,12)13)5-8(7)16-9/h3-5,14H,2H2,1H3,(H,15,16). The van der Waals surface area contributed by atoms with Gasteiger partial charge < -0.3 is 4.98 Å². The number of hydrogen-bond acceptors (Lipinski definition) is 3. The van der Waals surface area contributed by atoms with Crippen molar-refractivity contribution in [1.82, 2.24) is 14.7 Å².